The molecule has 3 heterocycles. The van der Waals surface area contributed by atoms with Crippen LogP contribution in [0.5, 0.6) is 0 Å². The number of hydrogen-bond acceptors (Lipinski definition) is 5. The van der Waals surface area contributed by atoms with Crippen molar-refractivity contribution in [3.63, 3.8) is 0 Å². The molecule has 156 valence electrons. The van der Waals surface area contributed by atoms with Gasteiger partial charge in [-0.15, -0.1) is 0 Å². The number of H-pyrrole nitrogens is 1. The first kappa shape index (κ1) is 19.9. The van der Waals surface area contributed by atoms with Gasteiger partial charge in [0.2, 0.25) is 10.0 Å². The molecule has 1 amide bonds. The molecule has 1 aromatic heterocycles. The topological polar surface area (TPSA) is 98.4 Å². The molecule has 0 unspecified atom stereocenters. The smallest absolute Gasteiger partial charge is 0.256 e. The summed E-state index contributed by atoms with van der Waals surface area (Å²) in [5.74, 6) is 0.102. The van der Waals surface area contributed by atoms with Gasteiger partial charge in [0, 0.05) is 37.8 Å². The van der Waals surface area contributed by atoms with Crippen molar-refractivity contribution in [1.82, 2.24) is 14.5 Å². The maximum atomic E-state index is 13.5. The molecule has 0 atom stereocenters. The van der Waals surface area contributed by atoms with Crippen molar-refractivity contribution in [3.05, 3.63) is 36.0 Å². The molecule has 8 nitrogen and oxygen atoms in total. The Kier molecular flexibility index (Phi) is 5.86. The van der Waals surface area contributed by atoms with E-state index < -0.39 is 10.0 Å². The molecule has 2 aromatic rings. The molecule has 4 rings (SSSR count). The lowest BCUT2D eigenvalue weighted by Crippen LogP contribution is -2.37. The number of benzene rings is 1. The van der Waals surface area contributed by atoms with E-state index in [0.717, 1.165) is 51.6 Å². The zero-order valence-electron chi connectivity index (χ0n) is 16.4. The van der Waals surface area contributed by atoms with Crippen LogP contribution in [0.1, 0.15) is 48.9 Å². The van der Waals surface area contributed by atoms with E-state index >= 15 is 0 Å². The zero-order chi connectivity index (χ0) is 20.3. The van der Waals surface area contributed by atoms with Crippen LogP contribution in [0.2, 0.25) is 0 Å². The maximum Gasteiger partial charge on any atom is 0.256 e. The van der Waals surface area contributed by atoms with Crippen molar-refractivity contribution >= 4 is 27.4 Å². The second-order valence-corrected chi connectivity index (χ2v) is 9.53. The summed E-state index contributed by atoms with van der Waals surface area (Å²) in [6.07, 6.45) is 7.60. The van der Waals surface area contributed by atoms with E-state index in [1.165, 1.54) is 6.07 Å². The van der Waals surface area contributed by atoms with Crippen molar-refractivity contribution in [2.45, 2.75) is 43.4 Å². The number of hydrogen-bond donors (Lipinski definition) is 2. The average molecular weight is 418 g/mol. The van der Waals surface area contributed by atoms with Crippen LogP contribution in [0, 0.1) is 0 Å². The van der Waals surface area contributed by atoms with Crippen LogP contribution in [0.25, 0.3) is 0 Å². The predicted octanol–water partition coefficient (Wildman–Crippen LogP) is 2.83. The van der Waals surface area contributed by atoms with Gasteiger partial charge in [-0.05, 0) is 50.3 Å². The number of rotatable bonds is 5. The Labute approximate surface area is 171 Å². The fourth-order valence-corrected chi connectivity index (χ4v) is 5.78. The molecular weight excluding hydrogens is 390 g/mol. The lowest BCUT2D eigenvalue weighted by atomic mass is 10.1. The van der Waals surface area contributed by atoms with Crippen LogP contribution in [0.3, 0.4) is 0 Å². The summed E-state index contributed by atoms with van der Waals surface area (Å²) in [5, 5.41) is 9.21. The number of aromatic nitrogens is 2. The van der Waals surface area contributed by atoms with Crippen molar-refractivity contribution in [3.8, 4) is 0 Å². The fraction of sp³-hybridized carbons (Fsp3) is 0.500. The van der Waals surface area contributed by atoms with Crippen LogP contribution >= 0.6 is 0 Å². The number of aromatic amines is 1. The number of sulfonamides is 1. The minimum absolute atomic E-state index is 0.235. The highest BCUT2D eigenvalue weighted by Gasteiger charge is 2.31. The summed E-state index contributed by atoms with van der Waals surface area (Å²) in [4.78, 5) is 15.0. The Morgan fingerprint density at radius 3 is 2.31 bits per heavy atom. The molecule has 0 aliphatic carbocycles. The van der Waals surface area contributed by atoms with Crippen molar-refractivity contribution in [2.24, 2.45) is 0 Å². The van der Waals surface area contributed by atoms with Crippen molar-refractivity contribution < 1.29 is 13.2 Å². The van der Waals surface area contributed by atoms with E-state index in [-0.39, 0.29) is 10.8 Å². The first-order valence-electron chi connectivity index (χ1n) is 10.3. The molecule has 2 saturated heterocycles. The molecule has 2 aliphatic rings. The van der Waals surface area contributed by atoms with Gasteiger partial charge < -0.3 is 10.2 Å². The summed E-state index contributed by atoms with van der Waals surface area (Å²) in [6.45, 7) is 2.74. The van der Waals surface area contributed by atoms with Gasteiger partial charge in [-0.3, -0.25) is 9.89 Å². The van der Waals surface area contributed by atoms with Crippen molar-refractivity contribution in [2.75, 3.05) is 36.4 Å². The molecule has 0 radical (unpaired) electrons. The Morgan fingerprint density at radius 2 is 1.66 bits per heavy atom. The molecule has 2 N–H and O–H groups in total. The van der Waals surface area contributed by atoms with Crippen LogP contribution in [-0.2, 0) is 10.0 Å². The molecular formula is C20H27N5O3S. The van der Waals surface area contributed by atoms with E-state index in [9.17, 15) is 13.2 Å². The van der Waals surface area contributed by atoms with Gasteiger partial charge in [-0.2, -0.15) is 9.40 Å². The number of carbonyl (C=O) groups is 1. The van der Waals surface area contributed by atoms with Gasteiger partial charge in [0.25, 0.3) is 5.91 Å². The Hall–Kier alpha value is -2.39. The Balaban J connectivity index is 1.70. The van der Waals surface area contributed by atoms with Gasteiger partial charge in [-0.25, -0.2) is 8.42 Å². The van der Waals surface area contributed by atoms with E-state index in [2.05, 4.69) is 20.4 Å². The number of anilines is 2. The summed E-state index contributed by atoms with van der Waals surface area (Å²) in [5.41, 5.74) is 1.02. The van der Waals surface area contributed by atoms with Gasteiger partial charge in [0.15, 0.2) is 0 Å². The highest BCUT2D eigenvalue weighted by Crippen LogP contribution is 2.32. The SMILES string of the molecule is O=C(Nc1ccn[nH]1)c1ccc(N2CCCCC2)c(S(=O)(=O)N2CCCCC2)c1. The third-order valence-corrected chi connectivity index (χ3v) is 7.53. The van der Waals surface area contributed by atoms with E-state index in [1.807, 2.05) is 0 Å². The summed E-state index contributed by atoms with van der Waals surface area (Å²) in [6, 6.07) is 6.65. The quantitative estimate of drug-likeness (QED) is 0.779. The Morgan fingerprint density at radius 1 is 0.966 bits per heavy atom. The van der Waals surface area contributed by atoms with Crippen molar-refractivity contribution in [1.29, 1.82) is 0 Å². The number of nitrogens with zero attached hydrogens (tertiary/aromatic N) is 3. The predicted molar refractivity (Wildman–Crippen MR) is 112 cm³/mol. The molecule has 29 heavy (non-hydrogen) atoms. The molecule has 0 spiro atoms. The summed E-state index contributed by atoms with van der Waals surface area (Å²) < 4.78 is 28.6. The molecule has 0 bridgehead atoms. The monoisotopic (exact) mass is 417 g/mol. The lowest BCUT2D eigenvalue weighted by molar-refractivity contribution is 0.102. The van der Waals surface area contributed by atoms with E-state index in [0.29, 0.717) is 30.2 Å². The molecule has 2 fully saturated rings. The number of nitrogens with one attached hydrogen (secondary N) is 2. The number of amides is 1. The summed E-state index contributed by atoms with van der Waals surface area (Å²) >= 11 is 0. The average Bonchev–Trinajstić information content (AvgIpc) is 3.27. The van der Waals surface area contributed by atoms with Crippen LogP contribution in [0.4, 0.5) is 11.5 Å². The normalized spacial score (nSPS) is 18.6. The third kappa shape index (κ3) is 4.30. The van der Waals surface area contributed by atoms with E-state index in [1.54, 1.807) is 28.7 Å². The first-order chi connectivity index (χ1) is 14.1. The van der Waals surface area contributed by atoms with Gasteiger partial charge >= 0.3 is 0 Å². The fourth-order valence-electron chi connectivity index (χ4n) is 4.02. The molecule has 9 heteroatoms. The zero-order valence-corrected chi connectivity index (χ0v) is 17.2. The second kappa shape index (κ2) is 8.54. The van der Waals surface area contributed by atoms with E-state index in [4.69, 9.17) is 0 Å². The minimum Gasteiger partial charge on any atom is -0.370 e. The highest BCUT2D eigenvalue weighted by molar-refractivity contribution is 7.89. The Bertz CT molecular complexity index is 947. The lowest BCUT2D eigenvalue weighted by Gasteiger charge is -2.33. The number of piperidine rings is 2. The maximum absolute atomic E-state index is 13.5. The minimum atomic E-state index is -3.67. The van der Waals surface area contributed by atoms with Crippen LogP contribution in [-0.4, -0.2) is 55.0 Å². The highest BCUT2D eigenvalue weighted by atomic mass is 32.2. The number of carbonyl (C=O) groups excluding carboxylic acids is 1. The standard InChI is InChI=1S/C20H27N5O3S/c26-20(22-19-9-10-21-23-19)16-7-8-17(24-11-3-1-4-12-24)18(15-16)29(27,28)25-13-5-2-6-14-25/h7-10,15H,1-6,11-14H2,(H2,21,22,23,26). The summed E-state index contributed by atoms with van der Waals surface area (Å²) in [7, 11) is -3.67. The van der Waals surface area contributed by atoms with Gasteiger partial charge in [-0.1, -0.05) is 6.42 Å². The largest absolute Gasteiger partial charge is 0.370 e. The third-order valence-electron chi connectivity index (χ3n) is 5.60. The first-order valence-corrected chi connectivity index (χ1v) is 11.7. The van der Waals surface area contributed by atoms with Crippen LogP contribution < -0.4 is 10.2 Å². The van der Waals surface area contributed by atoms with Gasteiger partial charge in [0.1, 0.15) is 10.7 Å². The molecule has 2 aliphatic heterocycles. The molecule has 0 saturated carbocycles. The van der Waals surface area contributed by atoms with Gasteiger partial charge in [0.05, 0.1) is 11.9 Å². The molecule has 1 aromatic carbocycles. The van der Waals surface area contributed by atoms with Crippen LogP contribution in [0.15, 0.2) is 35.4 Å². The second-order valence-electron chi connectivity index (χ2n) is 7.62.